The summed E-state index contributed by atoms with van der Waals surface area (Å²) >= 11 is 0. The van der Waals surface area contributed by atoms with E-state index in [9.17, 15) is 0 Å². The Kier molecular flexibility index (Phi) is 6.60. The number of benzene rings is 10. The molecule has 0 aliphatic carbocycles. The van der Waals surface area contributed by atoms with Crippen molar-refractivity contribution in [3.05, 3.63) is 194 Å². The van der Waals surface area contributed by atoms with Crippen molar-refractivity contribution in [3.8, 4) is 44.5 Å². The first kappa shape index (κ1) is 28.5. The summed E-state index contributed by atoms with van der Waals surface area (Å²) in [6, 6.07) is 71.5. The van der Waals surface area contributed by atoms with Crippen LogP contribution in [0.15, 0.2) is 194 Å². The summed E-state index contributed by atoms with van der Waals surface area (Å²) < 4.78 is 0. The Morgan fingerprint density at radius 3 is 1.24 bits per heavy atom. The van der Waals surface area contributed by atoms with Crippen LogP contribution in [0.4, 0.5) is 0 Å². The summed E-state index contributed by atoms with van der Waals surface area (Å²) in [7, 11) is 0. The average Bonchev–Trinajstić information content (AvgIpc) is 3.19. The Hall–Kier alpha value is -6.50. The zero-order chi connectivity index (χ0) is 33.0. The largest absolute Gasteiger partial charge is 0.0616 e. The molecule has 0 amide bonds. The maximum Gasteiger partial charge on any atom is -0.00199 e. The smallest absolute Gasteiger partial charge is 0.00199 e. The lowest BCUT2D eigenvalue weighted by atomic mass is 9.82. The molecular weight excluding hydrogens is 601 g/mol. The molecule has 0 nitrogen and oxygen atoms in total. The van der Waals surface area contributed by atoms with Crippen molar-refractivity contribution in [3.63, 3.8) is 0 Å². The van der Waals surface area contributed by atoms with Gasteiger partial charge >= 0.3 is 0 Å². The van der Waals surface area contributed by atoms with E-state index >= 15 is 0 Å². The van der Waals surface area contributed by atoms with Crippen LogP contribution in [0.25, 0.3) is 98.4 Å². The van der Waals surface area contributed by atoms with E-state index in [1.807, 2.05) is 0 Å². The van der Waals surface area contributed by atoms with Crippen LogP contribution < -0.4 is 0 Å². The molecule has 0 atom stereocenters. The van der Waals surface area contributed by atoms with E-state index < -0.39 is 0 Å². The fourth-order valence-electron chi connectivity index (χ4n) is 7.98. The van der Waals surface area contributed by atoms with E-state index in [-0.39, 0.29) is 0 Å². The SMILES string of the molecule is c1ccc(-c2c3ccccc3c(-c3ccc4ccccc4c3)c3ccc(-c4ccc5ccccc5c4)cc23)c(-c2ccc3ccccc3c2)c1. The van der Waals surface area contributed by atoms with Crippen LogP contribution >= 0.6 is 0 Å². The number of fused-ring (bicyclic) bond motifs is 5. The molecule has 10 rings (SSSR count). The van der Waals surface area contributed by atoms with Gasteiger partial charge in [0.05, 0.1) is 0 Å². The molecule has 0 radical (unpaired) electrons. The molecule has 10 aromatic rings. The highest BCUT2D eigenvalue weighted by Gasteiger charge is 2.20. The first-order chi connectivity index (χ1) is 24.8. The highest BCUT2D eigenvalue weighted by Crippen LogP contribution is 2.47. The first-order valence-corrected chi connectivity index (χ1v) is 17.3. The molecule has 0 aliphatic heterocycles. The molecule has 0 unspecified atom stereocenters. The van der Waals surface area contributed by atoms with Crippen LogP contribution in [0.1, 0.15) is 0 Å². The fraction of sp³-hybridized carbons (Fsp3) is 0. The van der Waals surface area contributed by atoms with Crippen molar-refractivity contribution in [2.75, 3.05) is 0 Å². The lowest BCUT2D eigenvalue weighted by Gasteiger charge is -2.21. The van der Waals surface area contributed by atoms with E-state index in [1.165, 1.54) is 98.4 Å². The van der Waals surface area contributed by atoms with Gasteiger partial charge in [0.25, 0.3) is 0 Å². The Morgan fingerprint density at radius 2 is 0.600 bits per heavy atom. The molecule has 232 valence electrons. The number of hydrogen-bond acceptors (Lipinski definition) is 0. The van der Waals surface area contributed by atoms with Gasteiger partial charge < -0.3 is 0 Å². The molecule has 0 N–H and O–H groups in total. The van der Waals surface area contributed by atoms with Gasteiger partial charge in [-0.15, -0.1) is 0 Å². The summed E-state index contributed by atoms with van der Waals surface area (Å²) in [5, 5.41) is 12.5. The summed E-state index contributed by atoms with van der Waals surface area (Å²) in [6.45, 7) is 0. The van der Waals surface area contributed by atoms with Gasteiger partial charge in [-0.1, -0.05) is 170 Å². The highest BCUT2D eigenvalue weighted by atomic mass is 14.2. The van der Waals surface area contributed by atoms with E-state index in [1.54, 1.807) is 0 Å². The van der Waals surface area contributed by atoms with Gasteiger partial charge in [-0.05, 0) is 123 Å². The van der Waals surface area contributed by atoms with Crippen LogP contribution in [-0.4, -0.2) is 0 Å². The van der Waals surface area contributed by atoms with Gasteiger partial charge in [-0.2, -0.15) is 0 Å². The summed E-state index contributed by atoms with van der Waals surface area (Å²) in [6.07, 6.45) is 0. The molecule has 10 aromatic carbocycles. The monoisotopic (exact) mass is 632 g/mol. The third kappa shape index (κ3) is 4.69. The van der Waals surface area contributed by atoms with Crippen molar-refractivity contribution >= 4 is 53.9 Å². The van der Waals surface area contributed by atoms with Crippen molar-refractivity contribution in [1.29, 1.82) is 0 Å². The van der Waals surface area contributed by atoms with E-state index in [0.29, 0.717) is 0 Å². The second-order valence-corrected chi connectivity index (χ2v) is 13.3. The van der Waals surface area contributed by atoms with Crippen LogP contribution in [0, 0.1) is 0 Å². The van der Waals surface area contributed by atoms with E-state index in [0.717, 1.165) is 0 Å². The summed E-state index contributed by atoms with van der Waals surface area (Å²) in [5.41, 5.74) is 9.92. The molecule has 0 bridgehead atoms. The van der Waals surface area contributed by atoms with Gasteiger partial charge in [0.15, 0.2) is 0 Å². The Bertz CT molecular complexity index is 2930. The van der Waals surface area contributed by atoms with Gasteiger partial charge in [-0.25, -0.2) is 0 Å². The van der Waals surface area contributed by atoms with Gasteiger partial charge in [0, 0.05) is 0 Å². The minimum absolute atomic E-state index is 1.22. The van der Waals surface area contributed by atoms with Crippen molar-refractivity contribution in [1.82, 2.24) is 0 Å². The van der Waals surface area contributed by atoms with Crippen molar-refractivity contribution in [2.45, 2.75) is 0 Å². The molecule has 0 saturated carbocycles. The first-order valence-electron chi connectivity index (χ1n) is 17.3. The normalized spacial score (nSPS) is 11.6. The number of rotatable bonds is 4. The maximum absolute atomic E-state index is 2.43. The Labute approximate surface area is 291 Å². The number of hydrogen-bond donors (Lipinski definition) is 0. The van der Waals surface area contributed by atoms with Crippen LogP contribution in [0.5, 0.6) is 0 Å². The van der Waals surface area contributed by atoms with Crippen LogP contribution in [0.3, 0.4) is 0 Å². The zero-order valence-electron chi connectivity index (χ0n) is 27.5. The lowest BCUT2D eigenvalue weighted by molar-refractivity contribution is 1.62. The predicted octanol–water partition coefficient (Wildman–Crippen LogP) is 14.1. The molecule has 0 aromatic heterocycles. The Balaban J connectivity index is 1.31. The third-order valence-corrected chi connectivity index (χ3v) is 10.4. The molecule has 0 heterocycles. The second-order valence-electron chi connectivity index (χ2n) is 13.3. The third-order valence-electron chi connectivity index (χ3n) is 10.4. The highest BCUT2D eigenvalue weighted by molar-refractivity contribution is 6.23. The lowest BCUT2D eigenvalue weighted by Crippen LogP contribution is -1.93. The molecule has 0 aliphatic rings. The molecule has 0 saturated heterocycles. The topological polar surface area (TPSA) is 0 Å². The van der Waals surface area contributed by atoms with Crippen LogP contribution in [-0.2, 0) is 0 Å². The Morgan fingerprint density at radius 1 is 0.200 bits per heavy atom. The standard InChI is InChI=1S/C50H32/c1-4-14-36-29-39(24-21-33(36)11-1)40-27-28-47-48(32-40)50(44-18-8-7-17-43(44)41-25-22-34-12-2-5-15-37(34)30-41)46-20-10-9-19-45(46)49(47)42-26-23-35-13-3-6-16-38(35)31-42/h1-32H. The molecule has 0 spiro atoms. The van der Waals surface area contributed by atoms with Crippen molar-refractivity contribution < 1.29 is 0 Å². The van der Waals surface area contributed by atoms with E-state index in [2.05, 4.69) is 194 Å². The van der Waals surface area contributed by atoms with E-state index in [4.69, 9.17) is 0 Å². The summed E-state index contributed by atoms with van der Waals surface area (Å²) in [5.74, 6) is 0. The fourth-order valence-corrected chi connectivity index (χ4v) is 7.98. The van der Waals surface area contributed by atoms with Gasteiger partial charge in [-0.3, -0.25) is 0 Å². The minimum atomic E-state index is 1.22. The van der Waals surface area contributed by atoms with Gasteiger partial charge in [0.1, 0.15) is 0 Å². The zero-order valence-corrected chi connectivity index (χ0v) is 27.5. The second kappa shape index (κ2) is 11.6. The van der Waals surface area contributed by atoms with Gasteiger partial charge in [0.2, 0.25) is 0 Å². The quantitative estimate of drug-likeness (QED) is 0.169. The van der Waals surface area contributed by atoms with Crippen molar-refractivity contribution in [2.24, 2.45) is 0 Å². The predicted molar refractivity (Wildman–Crippen MR) is 216 cm³/mol. The average molecular weight is 633 g/mol. The molecule has 50 heavy (non-hydrogen) atoms. The molecule has 0 fully saturated rings. The molecular formula is C50H32. The maximum atomic E-state index is 2.43. The summed E-state index contributed by atoms with van der Waals surface area (Å²) in [4.78, 5) is 0. The molecule has 0 heteroatoms. The minimum Gasteiger partial charge on any atom is -0.0616 e. The van der Waals surface area contributed by atoms with Crippen LogP contribution in [0.2, 0.25) is 0 Å².